The number of piperazine rings is 1. The molecule has 0 bridgehead atoms. The van der Waals surface area contributed by atoms with Crippen LogP contribution in [0.1, 0.15) is 13.8 Å². The molecule has 38 heavy (non-hydrogen) atoms. The van der Waals surface area contributed by atoms with Crippen molar-refractivity contribution in [3.8, 4) is 17.2 Å². The Kier molecular flexibility index (Phi) is 8.88. The maximum Gasteiger partial charge on any atom is 0.367 e. The number of nitrogens with zero attached hydrogens (tertiary/aromatic N) is 4. The number of amides is 2. The average molecular weight is 546 g/mol. The zero-order valence-electron chi connectivity index (χ0n) is 21.6. The van der Waals surface area contributed by atoms with Crippen LogP contribution in [0.15, 0.2) is 42.7 Å². The van der Waals surface area contributed by atoms with Gasteiger partial charge in [0, 0.05) is 43.3 Å². The fourth-order valence-electron chi connectivity index (χ4n) is 4.10. The van der Waals surface area contributed by atoms with Gasteiger partial charge in [-0.1, -0.05) is 0 Å². The quantitative estimate of drug-likeness (QED) is 0.280. The maximum atomic E-state index is 12.8. The van der Waals surface area contributed by atoms with Gasteiger partial charge in [-0.25, -0.2) is 14.8 Å². The van der Waals surface area contributed by atoms with Gasteiger partial charge in [-0.15, -0.1) is 0 Å². The fraction of sp³-hybridized carbons (Fsp3) is 0.400. The van der Waals surface area contributed by atoms with Gasteiger partial charge in [-0.2, -0.15) is 0 Å². The first kappa shape index (κ1) is 27.4. The van der Waals surface area contributed by atoms with E-state index in [4.69, 9.17) is 18.5 Å². The molecule has 0 radical (unpaired) electrons. The molecular formula is C25H32N5O7P. The third-order valence-corrected chi connectivity index (χ3v) is 7.66. The van der Waals surface area contributed by atoms with Crippen molar-refractivity contribution in [2.24, 2.45) is 0 Å². The SMILES string of the molecule is CCOP(=O)(COc1cc2ncnc(N3CCN(C(=O)Nc4ccc(O)cc4)CC3)c2cc1OC)OCC. The number of aromatic hydroxyl groups is 1. The Hall–Kier alpha value is -3.60. The van der Waals surface area contributed by atoms with Gasteiger partial charge in [-0.3, -0.25) is 4.57 Å². The Morgan fingerprint density at radius 2 is 1.71 bits per heavy atom. The highest BCUT2D eigenvalue weighted by atomic mass is 31.2. The van der Waals surface area contributed by atoms with Crippen molar-refractivity contribution in [1.29, 1.82) is 0 Å². The Morgan fingerprint density at radius 1 is 1.03 bits per heavy atom. The molecule has 0 unspecified atom stereocenters. The molecule has 2 N–H and O–H groups in total. The normalized spacial score (nSPS) is 14.0. The van der Waals surface area contributed by atoms with Crippen LogP contribution < -0.4 is 19.7 Å². The third kappa shape index (κ3) is 6.45. The molecule has 0 atom stereocenters. The molecule has 12 nitrogen and oxygen atoms in total. The van der Waals surface area contributed by atoms with E-state index >= 15 is 0 Å². The predicted molar refractivity (Wildman–Crippen MR) is 143 cm³/mol. The second-order valence-corrected chi connectivity index (χ2v) is 10.4. The molecule has 0 aliphatic carbocycles. The van der Waals surface area contributed by atoms with Gasteiger partial charge in [-0.05, 0) is 44.2 Å². The molecular weight excluding hydrogens is 513 g/mol. The molecule has 3 aromatic rings. The minimum atomic E-state index is -3.41. The second-order valence-electron chi connectivity index (χ2n) is 8.39. The van der Waals surface area contributed by atoms with E-state index in [2.05, 4.69) is 20.2 Å². The number of benzene rings is 2. The molecule has 2 aromatic carbocycles. The Morgan fingerprint density at radius 3 is 2.34 bits per heavy atom. The number of phenolic OH excluding ortho intramolecular Hbond substituents is 1. The molecule has 1 fully saturated rings. The number of fused-ring (bicyclic) bond motifs is 1. The van der Waals surface area contributed by atoms with Crippen LogP contribution in [0.5, 0.6) is 17.2 Å². The van der Waals surface area contributed by atoms with Crippen LogP contribution in [0, 0.1) is 0 Å². The van der Waals surface area contributed by atoms with E-state index in [1.165, 1.54) is 25.6 Å². The molecule has 0 spiro atoms. The largest absolute Gasteiger partial charge is 0.508 e. The predicted octanol–water partition coefficient (Wildman–Crippen LogP) is 4.30. The van der Waals surface area contributed by atoms with E-state index in [0.29, 0.717) is 54.7 Å². The Balaban J connectivity index is 1.47. The van der Waals surface area contributed by atoms with Gasteiger partial charge in [0.1, 0.15) is 17.9 Å². The number of anilines is 2. The maximum absolute atomic E-state index is 12.8. The van der Waals surface area contributed by atoms with Crippen LogP contribution in [-0.4, -0.2) is 78.9 Å². The molecule has 1 aliphatic heterocycles. The van der Waals surface area contributed by atoms with Gasteiger partial charge in [0.2, 0.25) is 0 Å². The first-order chi connectivity index (χ1) is 18.4. The Bertz CT molecular complexity index is 1290. The van der Waals surface area contributed by atoms with E-state index in [0.717, 1.165) is 5.39 Å². The van der Waals surface area contributed by atoms with Crippen molar-refractivity contribution in [3.05, 3.63) is 42.7 Å². The summed E-state index contributed by atoms with van der Waals surface area (Å²) in [5, 5.41) is 13.0. The van der Waals surface area contributed by atoms with Gasteiger partial charge in [0.25, 0.3) is 0 Å². The lowest BCUT2D eigenvalue weighted by atomic mass is 10.2. The zero-order chi connectivity index (χ0) is 27.1. The topological polar surface area (TPSA) is 136 Å². The lowest BCUT2D eigenvalue weighted by Gasteiger charge is -2.35. The van der Waals surface area contributed by atoms with E-state index in [1.54, 1.807) is 43.0 Å². The molecule has 1 aliphatic rings. The molecule has 1 aromatic heterocycles. The van der Waals surface area contributed by atoms with E-state index in [-0.39, 0.29) is 31.3 Å². The first-order valence-electron chi connectivity index (χ1n) is 12.3. The second kappa shape index (κ2) is 12.3. The number of carbonyl (C=O) groups is 1. The van der Waals surface area contributed by atoms with Crippen molar-refractivity contribution < 1.29 is 33.0 Å². The number of nitrogens with one attached hydrogen (secondary N) is 1. The fourth-order valence-corrected chi connectivity index (χ4v) is 5.40. The average Bonchev–Trinajstić information content (AvgIpc) is 2.92. The smallest absolute Gasteiger partial charge is 0.367 e. The molecule has 4 rings (SSSR count). The highest BCUT2D eigenvalue weighted by Gasteiger charge is 2.27. The van der Waals surface area contributed by atoms with Gasteiger partial charge < -0.3 is 38.7 Å². The van der Waals surface area contributed by atoms with Gasteiger partial charge in [0.05, 0.1) is 25.8 Å². The Labute approximate surface area is 221 Å². The van der Waals surface area contributed by atoms with E-state index < -0.39 is 7.60 Å². The highest BCUT2D eigenvalue weighted by Crippen LogP contribution is 2.49. The summed E-state index contributed by atoms with van der Waals surface area (Å²) in [5.41, 5.74) is 1.24. The lowest BCUT2D eigenvalue weighted by molar-refractivity contribution is 0.195. The number of carbonyl (C=O) groups excluding carboxylic acids is 1. The van der Waals surface area contributed by atoms with Crippen LogP contribution in [-0.2, 0) is 13.6 Å². The summed E-state index contributed by atoms with van der Waals surface area (Å²) in [5.74, 6) is 1.65. The molecule has 204 valence electrons. The number of aromatic nitrogens is 2. The van der Waals surface area contributed by atoms with Crippen LogP contribution in [0.4, 0.5) is 16.3 Å². The van der Waals surface area contributed by atoms with Crippen molar-refractivity contribution >= 4 is 36.0 Å². The number of rotatable bonds is 10. The monoisotopic (exact) mass is 545 g/mol. The summed E-state index contributed by atoms with van der Waals surface area (Å²) in [6, 6.07) is 9.63. The summed E-state index contributed by atoms with van der Waals surface area (Å²) in [6.45, 7) is 6.08. The number of methoxy groups -OCH3 is 1. The number of urea groups is 1. The number of hydrogen-bond acceptors (Lipinski definition) is 10. The number of hydrogen-bond donors (Lipinski definition) is 2. The van der Waals surface area contributed by atoms with Gasteiger partial charge in [0.15, 0.2) is 17.8 Å². The first-order valence-corrected chi connectivity index (χ1v) is 14.0. The van der Waals surface area contributed by atoms with Crippen molar-refractivity contribution in [2.75, 3.05) is 63.1 Å². The summed E-state index contributed by atoms with van der Waals surface area (Å²) >= 11 is 0. The number of ether oxygens (including phenoxy) is 2. The van der Waals surface area contributed by atoms with Crippen LogP contribution in [0.3, 0.4) is 0 Å². The lowest BCUT2D eigenvalue weighted by Crippen LogP contribution is -2.50. The summed E-state index contributed by atoms with van der Waals surface area (Å²) in [6.07, 6.45) is 1.21. The number of phenols is 1. The summed E-state index contributed by atoms with van der Waals surface area (Å²) in [4.78, 5) is 25.4. The third-order valence-electron chi connectivity index (χ3n) is 5.91. The van der Waals surface area contributed by atoms with Gasteiger partial charge >= 0.3 is 13.6 Å². The minimum Gasteiger partial charge on any atom is -0.508 e. The molecule has 1 saturated heterocycles. The highest BCUT2D eigenvalue weighted by molar-refractivity contribution is 7.53. The van der Waals surface area contributed by atoms with E-state index in [9.17, 15) is 14.5 Å². The zero-order valence-corrected chi connectivity index (χ0v) is 22.5. The molecule has 2 amide bonds. The minimum absolute atomic E-state index is 0.139. The van der Waals surface area contributed by atoms with Crippen molar-refractivity contribution in [2.45, 2.75) is 13.8 Å². The van der Waals surface area contributed by atoms with Crippen LogP contribution in [0.25, 0.3) is 10.9 Å². The summed E-state index contributed by atoms with van der Waals surface area (Å²) < 4.78 is 34.8. The van der Waals surface area contributed by atoms with Crippen molar-refractivity contribution in [3.63, 3.8) is 0 Å². The van der Waals surface area contributed by atoms with Crippen LogP contribution in [0.2, 0.25) is 0 Å². The van der Waals surface area contributed by atoms with Crippen molar-refractivity contribution in [1.82, 2.24) is 14.9 Å². The molecule has 2 heterocycles. The molecule has 0 saturated carbocycles. The summed E-state index contributed by atoms with van der Waals surface area (Å²) in [7, 11) is -1.89. The standard InChI is InChI=1S/C25H32N5O7P/c1-4-36-38(33,37-5-2)17-35-23-15-21-20(14-22(23)34-3)24(27-16-26-21)29-10-12-30(13-11-29)25(32)28-18-6-8-19(31)9-7-18/h6-9,14-16,31H,4-5,10-13,17H2,1-3H3,(H,28,32). The molecule has 13 heteroatoms. The van der Waals surface area contributed by atoms with Crippen LogP contribution >= 0.6 is 7.60 Å². The van der Waals surface area contributed by atoms with E-state index in [1.807, 2.05) is 0 Å².